The van der Waals surface area contributed by atoms with Crippen LogP contribution in [0.2, 0.25) is 0 Å². The lowest BCUT2D eigenvalue weighted by atomic mass is 9.70. The smallest absolute Gasteiger partial charge is 0.246 e. The van der Waals surface area contributed by atoms with Crippen molar-refractivity contribution < 1.29 is 19.1 Å². The third kappa shape index (κ3) is 3.71. The zero-order chi connectivity index (χ0) is 25.8. The summed E-state index contributed by atoms with van der Waals surface area (Å²) < 4.78 is 6.62. The van der Waals surface area contributed by atoms with Gasteiger partial charge in [0.15, 0.2) is 0 Å². The van der Waals surface area contributed by atoms with Crippen LogP contribution in [0.3, 0.4) is 0 Å². The quantitative estimate of drug-likeness (QED) is 0.597. The second-order valence-electron chi connectivity index (χ2n) is 11.0. The first-order chi connectivity index (χ1) is 17.8. The van der Waals surface area contributed by atoms with Crippen LogP contribution in [0, 0.1) is 18.8 Å². The largest absolute Gasteiger partial charge is 0.356 e. The van der Waals surface area contributed by atoms with E-state index in [1.165, 1.54) is 0 Å². The van der Waals surface area contributed by atoms with Gasteiger partial charge < -0.3 is 15.4 Å². The van der Waals surface area contributed by atoms with E-state index in [1.54, 1.807) is 4.90 Å². The number of aryl methyl sites for hydroxylation is 1. The van der Waals surface area contributed by atoms with Crippen molar-refractivity contribution in [2.75, 3.05) is 4.90 Å². The van der Waals surface area contributed by atoms with Crippen molar-refractivity contribution in [3.05, 3.63) is 77.9 Å². The van der Waals surface area contributed by atoms with Crippen molar-refractivity contribution in [2.24, 2.45) is 11.8 Å². The number of ether oxygens (including phenoxy) is 1. The Hall–Kier alpha value is -3.45. The SMILES string of the molecule is Cc1ccccc1N1C(=O)[C@@H]2[C@H](C(=O)NCc3ccccc3)[C@@]3(C)C=C[C@@]2(O3)[C@@H]1C(=O)NC1CCCC1. The molecular weight excluding hydrogens is 466 g/mol. The molecule has 2 saturated heterocycles. The molecule has 2 N–H and O–H groups in total. The van der Waals surface area contributed by atoms with E-state index in [0.717, 1.165) is 36.8 Å². The minimum Gasteiger partial charge on any atom is -0.356 e. The number of carbonyl (C=O) groups excluding carboxylic acids is 3. The Bertz CT molecular complexity index is 1270. The van der Waals surface area contributed by atoms with Crippen molar-refractivity contribution in [3.8, 4) is 0 Å². The van der Waals surface area contributed by atoms with Crippen molar-refractivity contribution in [1.29, 1.82) is 0 Å². The minimum atomic E-state index is -1.20. The van der Waals surface area contributed by atoms with Crippen molar-refractivity contribution in [1.82, 2.24) is 10.6 Å². The number of nitrogens with one attached hydrogen (secondary N) is 2. The highest BCUT2D eigenvalue weighted by molar-refractivity contribution is 6.10. The maximum Gasteiger partial charge on any atom is 0.246 e. The summed E-state index contributed by atoms with van der Waals surface area (Å²) in [7, 11) is 0. The van der Waals surface area contributed by atoms with E-state index in [9.17, 15) is 14.4 Å². The van der Waals surface area contributed by atoms with Crippen LogP contribution in [0.25, 0.3) is 0 Å². The number of para-hydroxylation sites is 1. The predicted octanol–water partition coefficient (Wildman–Crippen LogP) is 3.42. The second-order valence-corrected chi connectivity index (χ2v) is 11.0. The molecule has 2 aromatic rings. The summed E-state index contributed by atoms with van der Waals surface area (Å²) in [6.07, 6.45) is 7.79. The van der Waals surface area contributed by atoms with Gasteiger partial charge in [-0.2, -0.15) is 0 Å². The van der Waals surface area contributed by atoms with E-state index in [0.29, 0.717) is 12.2 Å². The van der Waals surface area contributed by atoms with E-state index in [1.807, 2.05) is 80.6 Å². The summed E-state index contributed by atoms with van der Waals surface area (Å²) in [5, 5.41) is 6.23. The molecule has 1 spiro atoms. The molecule has 3 aliphatic heterocycles. The molecule has 2 bridgehead atoms. The van der Waals surface area contributed by atoms with E-state index < -0.39 is 29.1 Å². The van der Waals surface area contributed by atoms with Crippen LogP contribution in [-0.4, -0.2) is 41.0 Å². The van der Waals surface area contributed by atoms with Gasteiger partial charge in [-0.3, -0.25) is 19.3 Å². The lowest BCUT2D eigenvalue weighted by Gasteiger charge is -2.34. The zero-order valence-corrected chi connectivity index (χ0v) is 21.3. The van der Waals surface area contributed by atoms with Gasteiger partial charge in [0, 0.05) is 18.3 Å². The summed E-state index contributed by atoms with van der Waals surface area (Å²) in [4.78, 5) is 43.5. The number of amides is 3. The van der Waals surface area contributed by atoms with E-state index >= 15 is 0 Å². The van der Waals surface area contributed by atoms with Gasteiger partial charge in [-0.15, -0.1) is 0 Å². The number of anilines is 1. The predicted molar refractivity (Wildman–Crippen MR) is 139 cm³/mol. The number of hydrogen-bond acceptors (Lipinski definition) is 4. The standard InChI is InChI=1S/C30H33N3O4/c1-19-10-6-9-15-22(19)33-25(27(35)32-21-13-7-8-14-21)30-17-16-29(2,37-30)23(24(30)28(33)36)26(34)31-18-20-11-4-3-5-12-20/h3-6,9-12,15-17,21,23-25H,7-8,13-14,18H2,1-2H3,(H,31,34)(H,32,35)/t23-,24+,25+,29-,30+/m1/s1. The Balaban J connectivity index is 1.37. The Labute approximate surface area is 217 Å². The number of carbonyl (C=O) groups is 3. The molecule has 3 heterocycles. The number of rotatable bonds is 6. The van der Waals surface area contributed by atoms with Gasteiger partial charge in [0.25, 0.3) is 0 Å². The Morgan fingerprint density at radius 3 is 2.43 bits per heavy atom. The molecule has 5 atom stereocenters. The topological polar surface area (TPSA) is 87.7 Å². The van der Waals surface area contributed by atoms with Gasteiger partial charge in [0.2, 0.25) is 17.7 Å². The van der Waals surface area contributed by atoms with Crippen LogP contribution in [0.5, 0.6) is 0 Å². The van der Waals surface area contributed by atoms with Crippen LogP contribution in [-0.2, 0) is 25.7 Å². The molecule has 7 heteroatoms. The molecular formula is C30H33N3O4. The average molecular weight is 500 g/mol. The van der Waals surface area contributed by atoms with Crippen molar-refractivity contribution in [3.63, 3.8) is 0 Å². The molecule has 2 aromatic carbocycles. The zero-order valence-electron chi connectivity index (χ0n) is 21.3. The summed E-state index contributed by atoms with van der Waals surface area (Å²) in [5.41, 5.74) is 0.372. The first-order valence-electron chi connectivity index (χ1n) is 13.3. The highest BCUT2D eigenvalue weighted by atomic mass is 16.5. The van der Waals surface area contributed by atoms with Crippen LogP contribution in [0.4, 0.5) is 5.69 Å². The molecule has 0 unspecified atom stereocenters. The Kier molecular flexibility index (Phi) is 5.71. The number of benzene rings is 2. The molecule has 0 radical (unpaired) electrons. The van der Waals surface area contributed by atoms with Crippen LogP contribution < -0.4 is 15.5 Å². The minimum absolute atomic E-state index is 0.0971. The van der Waals surface area contributed by atoms with E-state index in [2.05, 4.69) is 10.6 Å². The third-order valence-electron chi connectivity index (χ3n) is 8.61. The first kappa shape index (κ1) is 23.9. The normalized spacial score (nSPS) is 32.1. The van der Waals surface area contributed by atoms with Crippen molar-refractivity contribution in [2.45, 2.75) is 69.4 Å². The fraction of sp³-hybridized carbons (Fsp3) is 0.433. The number of fused-ring (bicyclic) bond motifs is 1. The highest BCUT2D eigenvalue weighted by Crippen LogP contribution is 2.60. The van der Waals surface area contributed by atoms with Gasteiger partial charge in [0.05, 0.1) is 17.4 Å². The molecule has 0 aromatic heterocycles. The van der Waals surface area contributed by atoms with E-state index in [4.69, 9.17) is 4.74 Å². The lowest BCUT2D eigenvalue weighted by molar-refractivity contribution is -0.134. The molecule has 1 saturated carbocycles. The van der Waals surface area contributed by atoms with Gasteiger partial charge >= 0.3 is 0 Å². The first-order valence-corrected chi connectivity index (χ1v) is 13.3. The number of hydrogen-bond donors (Lipinski definition) is 2. The summed E-state index contributed by atoms with van der Waals surface area (Å²) >= 11 is 0. The number of nitrogens with zero attached hydrogens (tertiary/aromatic N) is 1. The second kappa shape index (κ2) is 8.84. The Morgan fingerprint density at radius 1 is 1.00 bits per heavy atom. The third-order valence-corrected chi connectivity index (χ3v) is 8.61. The van der Waals surface area contributed by atoms with Gasteiger partial charge in [-0.25, -0.2) is 0 Å². The molecule has 7 nitrogen and oxygen atoms in total. The van der Waals surface area contributed by atoms with Crippen LogP contribution in [0.1, 0.15) is 43.7 Å². The fourth-order valence-corrected chi connectivity index (χ4v) is 6.87. The molecule has 37 heavy (non-hydrogen) atoms. The molecule has 1 aliphatic carbocycles. The lowest BCUT2D eigenvalue weighted by Crippen LogP contribution is -2.56. The van der Waals surface area contributed by atoms with Crippen LogP contribution >= 0.6 is 0 Å². The maximum atomic E-state index is 14.3. The molecule has 3 fully saturated rings. The van der Waals surface area contributed by atoms with Crippen molar-refractivity contribution >= 4 is 23.4 Å². The summed E-state index contributed by atoms with van der Waals surface area (Å²) in [6, 6.07) is 16.5. The average Bonchev–Trinajstić information content (AvgIpc) is 3.63. The molecule has 4 aliphatic rings. The molecule has 3 amide bonds. The van der Waals surface area contributed by atoms with Gasteiger partial charge in [0.1, 0.15) is 11.6 Å². The highest BCUT2D eigenvalue weighted by Gasteiger charge is 2.76. The van der Waals surface area contributed by atoms with Gasteiger partial charge in [-0.1, -0.05) is 73.5 Å². The maximum absolute atomic E-state index is 14.3. The van der Waals surface area contributed by atoms with Crippen LogP contribution in [0.15, 0.2) is 66.7 Å². The summed E-state index contributed by atoms with van der Waals surface area (Å²) in [5.74, 6) is -2.24. The fourth-order valence-electron chi connectivity index (χ4n) is 6.87. The Morgan fingerprint density at radius 2 is 1.70 bits per heavy atom. The molecule has 6 rings (SSSR count). The van der Waals surface area contributed by atoms with Gasteiger partial charge in [-0.05, 0) is 43.9 Å². The summed E-state index contributed by atoms with van der Waals surface area (Å²) in [6.45, 7) is 4.14. The monoisotopic (exact) mass is 499 g/mol. The molecule has 192 valence electrons. The van der Waals surface area contributed by atoms with E-state index in [-0.39, 0.29) is 23.8 Å².